The number of H-pyrrole nitrogens is 1. The van der Waals surface area contributed by atoms with E-state index >= 15 is 0 Å². The SMILES string of the molecule is CNC(=O)Nc1ccc(NC(=O)CCSCc2nc3sc4c(c3c(=O)[nH]2)CCC4)cc1. The van der Waals surface area contributed by atoms with E-state index in [4.69, 9.17) is 0 Å². The molecule has 0 aliphatic heterocycles. The third-order valence-electron chi connectivity index (χ3n) is 4.99. The lowest BCUT2D eigenvalue weighted by Gasteiger charge is -2.08. The fourth-order valence-corrected chi connectivity index (χ4v) is 5.59. The highest BCUT2D eigenvalue weighted by Gasteiger charge is 2.21. The maximum atomic E-state index is 12.5. The van der Waals surface area contributed by atoms with E-state index in [9.17, 15) is 14.4 Å². The number of aromatic nitrogens is 2. The molecule has 0 atom stereocenters. The second-order valence-electron chi connectivity index (χ2n) is 7.18. The largest absolute Gasteiger partial charge is 0.341 e. The monoisotopic (exact) mass is 457 g/mol. The lowest BCUT2D eigenvalue weighted by Crippen LogP contribution is -2.24. The van der Waals surface area contributed by atoms with Gasteiger partial charge in [-0.3, -0.25) is 9.59 Å². The van der Waals surface area contributed by atoms with Crippen molar-refractivity contribution in [2.24, 2.45) is 0 Å². The lowest BCUT2D eigenvalue weighted by molar-refractivity contribution is -0.115. The Balaban J connectivity index is 1.25. The van der Waals surface area contributed by atoms with Gasteiger partial charge < -0.3 is 20.9 Å². The van der Waals surface area contributed by atoms with E-state index in [1.54, 1.807) is 54.4 Å². The molecule has 1 aliphatic carbocycles. The van der Waals surface area contributed by atoms with Crippen LogP contribution in [0.25, 0.3) is 10.2 Å². The summed E-state index contributed by atoms with van der Waals surface area (Å²) in [6.07, 6.45) is 3.48. The van der Waals surface area contributed by atoms with Gasteiger partial charge in [0.2, 0.25) is 5.91 Å². The normalized spacial score (nSPS) is 12.5. The topological polar surface area (TPSA) is 116 Å². The summed E-state index contributed by atoms with van der Waals surface area (Å²) in [4.78, 5) is 45.6. The van der Waals surface area contributed by atoms with Crippen LogP contribution in [0.1, 0.15) is 29.1 Å². The second kappa shape index (κ2) is 9.52. The molecule has 0 unspecified atom stereocenters. The van der Waals surface area contributed by atoms with Gasteiger partial charge in [-0.25, -0.2) is 9.78 Å². The number of thioether (sulfide) groups is 1. The van der Waals surface area contributed by atoms with Crippen molar-refractivity contribution in [2.75, 3.05) is 23.4 Å². The van der Waals surface area contributed by atoms with E-state index < -0.39 is 0 Å². The fraction of sp³-hybridized carbons (Fsp3) is 0.333. The molecule has 0 saturated heterocycles. The Bertz CT molecular complexity index is 1170. The van der Waals surface area contributed by atoms with E-state index in [2.05, 4.69) is 25.9 Å². The van der Waals surface area contributed by atoms with Gasteiger partial charge in [0.15, 0.2) is 0 Å². The lowest BCUT2D eigenvalue weighted by atomic mass is 10.2. The Labute approximate surface area is 187 Å². The van der Waals surface area contributed by atoms with Crippen LogP contribution in [-0.2, 0) is 23.4 Å². The molecule has 0 fully saturated rings. The van der Waals surface area contributed by atoms with Crippen LogP contribution in [0.5, 0.6) is 0 Å². The first-order chi connectivity index (χ1) is 15.0. The Morgan fingerprint density at radius 3 is 2.65 bits per heavy atom. The van der Waals surface area contributed by atoms with E-state index in [0.29, 0.717) is 35.1 Å². The molecule has 0 radical (unpaired) electrons. The number of carbonyl (C=O) groups is 2. The van der Waals surface area contributed by atoms with Crippen molar-refractivity contribution in [1.82, 2.24) is 15.3 Å². The van der Waals surface area contributed by atoms with Crippen LogP contribution in [0.15, 0.2) is 29.1 Å². The average Bonchev–Trinajstić information content (AvgIpc) is 3.33. The first-order valence-corrected chi connectivity index (χ1v) is 12.0. The van der Waals surface area contributed by atoms with Gasteiger partial charge in [-0.05, 0) is 49.1 Å². The summed E-state index contributed by atoms with van der Waals surface area (Å²) in [7, 11) is 1.54. The zero-order valence-corrected chi connectivity index (χ0v) is 18.7. The van der Waals surface area contributed by atoms with Crippen molar-refractivity contribution < 1.29 is 9.59 Å². The van der Waals surface area contributed by atoms with Gasteiger partial charge in [0.25, 0.3) is 5.56 Å². The molecule has 2 heterocycles. The Hall–Kier alpha value is -2.85. The number of nitrogens with one attached hydrogen (secondary N) is 4. The van der Waals surface area contributed by atoms with Gasteiger partial charge in [-0.1, -0.05) is 0 Å². The van der Waals surface area contributed by atoms with Crippen molar-refractivity contribution in [3.8, 4) is 0 Å². The van der Waals surface area contributed by atoms with Crippen molar-refractivity contribution >= 4 is 56.6 Å². The third kappa shape index (κ3) is 5.08. The maximum absolute atomic E-state index is 12.5. The summed E-state index contributed by atoms with van der Waals surface area (Å²) in [5, 5.41) is 8.74. The molecule has 31 heavy (non-hydrogen) atoms. The first-order valence-electron chi connectivity index (χ1n) is 10.0. The zero-order valence-electron chi connectivity index (χ0n) is 17.0. The van der Waals surface area contributed by atoms with Crippen LogP contribution >= 0.6 is 23.1 Å². The van der Waals surface area contributed by atoms with Crippen LogP contribution < -0.4 is 21.5 Å². The number of aryl methyl sites for hydroxylation is 2. The number of fused-ring (bicyclic) bond motifs is 3. The predicted octanol–water partition coefficient (Wildman–Crippen LogP) is 3.49. The molecule has 1 aliphatic rings. The molecule has 2 aromatic heterocycles. The van der Waals surface area contributed by atoms with Crippen LogP contribution in [0.3, 0.4) is 0 Å². The number of anilines is 2. The number of benzene rings is 1. The van der Waals surface area contributed by atoms with E-state index in [0.717, 1.165) is 29.5 Å². The minimum absolute atomic E-state index is 0.0490. The summed E-state index contributed by atoms with van der Waals surface area (Å²) in [5.41, 5.74) is 2.44. The quantitative estimate of drug-likeness (QED) is 0.405. The second-order valence-corrected chi connectivity index (χ2v) is 9.37. The van der Waals surface area contributed by atoms with Gasteiger partial charge in [0.05, 0.1) is 11.1 Å². The summed E-state index contributed by atoms with van der Waals surface area (Å²) in [6, 6.07) is 6.61. The van der Waals surface area contributed by atoms with Gasteiger partial charge in [-0.2, -0.15) is 11.8 Å². The van der Waals surface area contributed by atoms with Crippen LogP contribution in [0.4, 0.5) is 16.2 Å². The highest BCUT2D eigenvalue weighted by atomic mass is 32.2. The van der Waals surface area contributed by atoms with Crippen LogP contribution in [0, 0.1) is 0 Å². The van der Waals surface area contributed by atoms with E-state index in [1.807, 2.05) is 0 Å². The maximum Gasteiger partial charge on any atom is 0.318 e. The Morgan fingerprint density at radius 2 is 1.90 bits per heavy atom. The number of rotatable bonds is 7. The van der Waals surface area contributed by atoms with Crippen molar-refractivity contribution in [3.63, 3.8) is 0 Å². The first kappa shape index (κ1) is 21.4. The number of thiophene rings is 1. The molecule has 4 N–H and O–H groups in total. The highest BCUT2D eigenvalue weighted by molar-refractivity contribution is 7.98. The fourth-order valence-electron chi connectivity index (χ4n) is 3.50. The molecule has 3 amide bonds. The third-order valence-corrected chi connectivity index (χ3v) is 7.15. The zero-order chi connectivity index (χ0) is 21.8. The number of carbonyl (C=O) groups excluding carboxylic acids is 2. The van der Waals surface area contributed by atoms with Crippen molar-refractivity contribution in [3.05, 3.63) is 50.9 Å². The smallest absolute Gasteiger partial charge is 0.318 e. The van der Waals surface area contributed by atoms with Gasteiger partial charge in [-0.15, -0.1) is 11.3 Å². The van der Waals surface area contributed by atoms with Gasteiger partial charge >= 0.3 is 6.03 Å². The molecule has 8 nitrogen and oxygen atoms in total. The van der Waals surface area contributed by atoms with E-state index in [-0.39, 0.29) is 17.5 Å². The molecule has 1 aromatic carbocycles. The Morgan fingerprint density at radius 1 is 1.16 bits per heavy atom. The average molecular weight is 458 g/mol. The number of aromatic amines is 1. The summed E-state index contributed by atoms with van der Waals surface area (Å²) < 4.78 is 0. The number of amides is 3. The molecule has 0 bridgehead atoms. The molecule has 0 spiro atoms. The standard InChI is InChI=1S/C21H23N5O3S2/c1-22-21(29)24-13-7-5-12(6-8-13)23-17(27)9-10-30-11-16-25-19(28)18-14-3-2-4-15(14)31-20(18)26-16/h5-8H,2-4,9-11H2,1H3,(H,23,27)(H2,22,24,29)(H,25,26,28). The van der Waals surface area contributed by atoms with Crippen molar-refractivity contribution in [1.29, 1.82) is 0 Å². The highest BCUT2D eigenvalue weighted by Crippen LogP contribution is 2.34. The van der Waals surface area contributed by atoms with Gasteiger partial charge in [0.1, 0.15) is 10.7 Å². The molecular formula is C21H23N5O3S2. The van der Waals surface area contributed by atoms with Crippen molar-refractivity contribution in [2.45, 2.75) is 31.4 Å². The molecule has 4 rings (SSSR count). The minimum atomic E-state index is -0.299. The van der Waals surface area contributed by atoms with Crippen LogP contribution in [0.2, 0.25) is 0 Å². The predicted molar refractivity (Wildman–Crippen MR) is 126 cm³/mol. The van der Waals surface area contributed by atoms with E-state index in [1.165, 1.54) is 10.4 Å². The number of hydrogen-bond acceptors (Lipinski definition) is 6. The number of urea groups is 1. The molecule has 3 aromatic rings. The summed E-state index contributed by atoms with van der Waals surface area (Å²) >= 11 is 3.20. The number of nitrogens with zero attached hydrogens (tertiary/aromatic N) is 1. The summed E-state index contributed by atoms with van der Waals surface area (Å²) in [6.45, 7) is 0. The number of hydrogen-bond donors (Lipinski definition) is 4. The molecule has 10 heteroatoms. The van der Waals surface area contributed by atoms with Gasteiger partial charge in [0, 0.05) is 35.5 Å². The summed E-state index contributed by atoms with van der Waals surface area (Å²) in [5.74, 6) is 1.74. The van der Waals surface area contributed by atoms with Crippen LogP contribution in [-0.4, -0.2) is 34.7 Å². The molecular weight excluding hydrogens is 434 g/mol. The Kier molecular flexibility index (Phi) is 6.57. The molecule has 0 saturated carbocycles. The molecule has 162 valence electrons. The minimum Gasteiger partial charge on any atom is -0.341 e.